The molecule has 0 saturated carbocycles. The molecule has 0 spiro atoms. The number of rotatable bonds is 4. The fourth-order valence-corrected chi connectivity index (χ4v) is 2.53. The van der Waals surface area contributed by atoms with Crippen molar-refractivity contribution in [3.63, 3.8) is 0 Å². The molecule has 7 heteroatoms. The van der Waals surface area contributed by atoms with Crippen molar-refractivity contribution in [3.05, 3.63) is 28.8 Å². The molecule has 0 aliphatic carbocycles. The lowest BCUT2D eigenvalue weighted by molar-refractivity contribution is 0.0697. The number of halogens is 1. The average molecular weight is 312 g/mol. The Labute approximate surface area is 128 Å². The van der Waals surface area contributed by atoms with Crippen LogP contribution in [0.5, 0.6) is 0 Å². The first kappa shape index (κ1) is 15.6. The zero-order valence-corrected chi connectivity index (χ0v) is 12.5. The van der Waals surface area contributed by atoms with Crippen LogP contribution in [0.25, 0.3) is 0 Å². The van der Waals surface area contributed by atoms with Gasteiger partial charge in [0.2, 0.25) is 0 Å². The van der Waals surface area contributed by atoms with Crippen LogP contribution in [0.1, 0.15) is 23.2 Å². The lowest BCUT2D eigenvalue weighted by atomic mass is 10.2. The lowest BCUT2D eigenvalue weighted by Crippen LogP contribution is -2.40. The maximum atomic E-state index is 11.9. The van der Waals surface area contributed by atoms with E-state index in [9.17, 15) is 9.59 Å². The first-order valence-electron chi connectivity index (χ1n) is 6.75. The molecule has 0 radical (unpaired) electrons. The molecule has 0 aromatic heterocycles. The molecular weight excluding hydrogens is 294 g/mol. The minimum Gasteiger partial charge on any atom is -0.478 e. The van der Waals surface area contributed by atoms with E-state index in [1.807, 2.05) is 7.05 Å². The summed E-state index contributed by atoms with van der Waals surface area (Å²) in [6.07, 6.45) is 2.20. The number of anilines is 1. The molecule has 2 amide bonds. The predicted molar refractivity (Wildman–Crippen MR) is 81.1 cm³/mol. The SMILES string of the molecule is CN1CCCC1CNC(=O)Nc1cc(C(=O)O)ccc1Cl. The summed E-state index contributed by atoms with van der Waals surface area (Å²) in [4.78, 5) is 25.0. The van der Waals surface area contributed by atoms with Gasteiger partial charge in [-0.3, -0.25) is 0 Å². The molecule has 1 atom stereocenters. The predicted octanol–water partition coefficient (Wildman–Crippen LogP) is 2.25. The molecule has 21 heavy (non-hydrogen) atoms. The van der Waals surface area contributed by atoms with Gasteiger partial charge in [-0.05, 0) is 44.6 Å². The number of urea groups is 1. The van der Waals surface area contributed by atoms with Crippen LogP contribution in [0.2, 0.25) is 5.02 Å². The Hall–Kier alpha value is -1.79. The molecule has 1 unspecified atom stereocenters. The van der Waals surface area contributed by atoms with E-state index in [2.05, 4.69) is 15.5 Å². The van der Waals surface area contributed by atoms with E-state index >= 15 is 0 Å². The maximum Gasteiger partial charge on any atom is 0.335 e. The number of amides is 2. The number of likely N-dealkylation sites (N-methyl/N-ethyl adjacent to an activating group) is 1. The highest BCUT2D eigenvalue weighted by Gasteiger charge is 2.21. The molecule has 1 aliphatic heterocycles. The molecule has 3 N–H and O–H groups in total. The van der Waals surface area contributed by atoms with Crippen LogP contribution >= 0.6 is 11.6 Å². The topological polar surface area (TPSA) is 81.7 Å². The number of carboxylic acids is 1. The number of carboxylic acid groups (broad SMARTS) is 1. The maximum absolute atomic E-state index is 11.9. The van der Waals surface area contributed by atoms with Gasteiger partial charge in [0.15, 0.2) is 0 Å². The highest BCUT2D eigenvalue weighted by atomic mass is 35.5. The first-order valence-corrected chi connectivity index (χ1v) is 7.13. The van der Waals surface area contributed by atoms with Crippen LogP contribution in [0, 0.1) is 0 Å². The largest absolute Gasteiger partial charge is 0.478 e. The highest BCUT2D eigenvalue weighted by molar-refractivity contribution is 6.33. The summed E-state index contributed by atoms with van der Waals surface area (Å²) < 4.78 is 0. The minimum atomic E-state index is -1.07. The molecular formula is C14H18ClN3O3. The van der Waals surface area contributed by atoms with Crippen LogP contribution in [0.3, 0.4) is 0 Å². The molecule has 1 aromatic rings. The number of carbonyl (C=O) groups excluding carboxylic acids is 1. The quantitative estimate of drug-likeness (QED) is 0.796. The number of nitrogens with zero attached hydrogens (tertiary/aromatic N) is 1. The van der Waals surface area contributed by atoms with Gasteiger partial charge < -0.3 is 20.6 Å². The summed E-state index contributed by atoms with van der Waals surface area (Å²) in [5, 5.41) is 14.6. The van der Waals surface area contributed by atoms with E-state index in [0.29, 0.717) is 17.6 Å². The zero-order valence-electron chi connectivity index (χ0n) is 11.7. The second-order valence-corrected chi connectivity index (χ2v) is 5.52. The van der Waals surface area contributed by atoms with Gasteiger partial charge in [-0.25, -0.2) is 9.59 Å². The lowest BCUT2D eigenvalue weighted by Gasteiger charge is -2.19. The Morgan fingerprint density at radius 2 is 2.24 bits per heavy atom. The Morgan fingerprint density at radius 1 is 1.48 bits per heavy atom. The number of benzene rings is 1. The van der Waals surface area contributed by atoms with Crippen molar-refractivity contribution >= 4 is 29.3 Å². The Morgan fingerprint density at radius 3 is 2.86 bits per heavy atom. The fraction of sp³-hybridized carbons (Fsp3) is 0.429. The third kappa shape index (κ3) is 4.09. The Balaban J connectivity index is 1.93. The highest BCUT2D eigenvalue weighted by Crippen LogP contribution is 2.23. The summed E-state index contributed by atoms with van der Waals surface area (Å²) in [6, 6.07) is 4.13. The average Bonchev–Trinajstić information content (AvgIpc) is 2.84. The van der Waals surface area contributed by atoms with Gasteiger partial charge in [0, 0.05) is 12.6 Å². The van der Waals surface area contributed by atoms with Gasteiger partial charge >= 0.3 is 12.0 Å². The molecule has 6 nitrogen and oxygen atoms in total. The van der Waals surface area contributed by atoms with Crippen LogP contribution in [-0.2, 0) is 0 Å². The third-order valence-corrected chi connectivity index (χ3v) is 3.96. The molecule has 1 saturated heterocycles. The summed E-state index contributed by atoms with van der Waals surface area (Å²) in [5.41, 5.74) is 0.360. The normalized spacial score (nSPS) is 18.5. The minimum absolute atomic E-state index is 0.0743. The molecule has 114 valence electrons. The second-order valence-electron chi connectivity index (χ2n) is 5.11. The standard InChI is InChI=1S/C14H18ClN3O3/c1-18-6-2-3-10(18)8-16-14(21)17-12-7-9(13(19)20)4-5-11(12)15/h4-5,7,10H,2-3,6,8H2,1H3,(H,19,20)(H2,16,17,21). The molecule has 1 heterocycles. The molecule has 2 rings (SSSR count). The van der Waals surface area contributed by atoms with Crippen molar-refractivity contribution in [3.8, 4) is 0 Å². The van der Waals surface area contributed by atoms with Gasteiger partial charge in [-0.2, -0.15) is 0 Å². The van der Waals surface area contributed by atoms with Crippen LogP contribution in [0.4, 0.5) is 10.5 Å². The van der Waals surface area contributed by atoms with Gasteiger partial charge in [-0.1, -0.05) is 11.6 Å². The Kier molecular flexibility index (Phi) is 5.03. The van der Waals surface area contributed by atoms with E-state index in [-0.39, 0.29) is 17.3 Å². The van der Waals surface area contributed by atoms with Crippen molar-refractivity contribution in [2.45, 2.75) is 18.9 Å². The summed E-state index contributed by atoms with van der Waals surface area (Å²) in [7, 11) is 2.03. The van der Waals surface area contributed by atoms with E-state index < -0.39 is 5.97 Å². The van der Waals surface area contributed by atoms with E-state index in [1.54, 1.807) is 0 Å². The van der Waals surface area contributed by atoms with Crippen molar-refractivity contribution in [2.24, 2.45) is 0 Å². The number of carbonyl (C=O) groups is 2. The van der Waals surface area contributed by atoms with Crippen molar-refractivity contribution in [2.75, 3.05) is 25.5 Å². The third-order valence-electron chi connectivity index (χ3n) is 3.63. The van der Waals surface area contributed by atoms with Crippen molar-refractivity contribution in [1.82, 2.24) is 10.2 Å². The molecule has 1 fully saturated rings. The van der Waals surface area contributed by atoms with E-state index in [0.717, 1.165) is 19.4 Å². The van der Waals surface area contributed by atoms with Crippen molar-refractivity contribution < 1.29 is 14.7 Å². The van der Waals surface area contributed by atoms with Gasteiger partial charge in [0.1, 0.15) is 0 Å². The smallest absolute Gasteiger partial charge is 0.335 e. The van der Waals surface area contributed by atoms with Crippen LogP contribution in [0.15, 0.2) is 18.2 Å². The van der Waals surface area contributed by atoms with Gasteiger partial charge in [0.25, 0.3) is 0 Å². The number of likely N-dealkylation sites (tertiary alicyclic amines) is 1. The first-order chi connectivity index (χ1) is 9.97. The fourth-order valence-electron chi connectivity index (χ4n) is 2.37. The monoisotopic (exact) mass is 311 g/mol. The van der Waals surface area contributed by atoms with Crippen LogP contribution in [-0.4, -0.2) is 48.2 Å². The summed E-state index contributed by atoms with van der Waals surface area (Å²) in [5.74, 6) is -1.07. The summed E-state index contributed by atoms with van der Waals surface area (Å²) in [6.45, 7) is 1.60. The number of aromatic carboxylic acids is 1. The second kappa shape index (κ2) is 6.78. The number of nitrogens with one attached hydrogen (secondary N) is 2. The van der Waals surface area contributed by atoms with Gasteiger partial charge in [-0.15, -0.1) is 0 Å². The molecule has 0 bridgehead atoms. The van der Waals surface area contributed by atoms with E-state index in [1.165, 1.54) is 18.2 Å². The van der Waals surface area contributed by atoms with E-state index in [4.69, 9.17) is 16.7 Å². The molecule has 1 aromatic carbocycles. The van der Waals surface area contributed by atoms with Crippen LogP contribution < -0.4 is 10.6 Å². The van der Waals surface area contributed by atoms with Gasteiger partial charge in [0.05, 0.1) is 16.3 Å². The Bertz CT molecular complexity index is 550. The molecule has 1 aliphatic rings. The number of hydrogen-bond acceptors (Lipinski definition) is 3. The number of hydrogen-bond donors (Lipinski definition) is 3. The van der Waals surface area contributed by atoms with Crippen molar-refractivity contribution in [1.29, 1.82) is 0 Å². The zero-order chi connectivity index (χ0) is 15.4. The summed E-state index contributed by atoms with van der Waals surface area (Å²) >= 11 is 5.95.